The van der Waals surface area contributed by atoms with Crippen molar-refractivity contribution >= 4 is 11.6 Å². The standard InChI is InChI=1S/C10H10ClN3O/c1-15-9-4-2-3-8(5-9)14-7-12-13-10(14)6-11/h2-5,7H,6H2,1H3. The number of nitrogens with zero attached hydrogens (tertiary/aromatic N) is 3. The van der Waals surface area contributed by atoms with Gasteiger partial charge in [-0.2, -0.15) is 0 Å². The Hall–Kier alpha value is -1.55. The van der Waals surface area contributed by atoms with Gasteiger partial charge >= 0.3 is 0 Å². The van der Waals surface area contributed by atoms with E-state index in [2.05, 4.69) is 10.2 Å². The van der Waals surface area contributed by atoms with Gasteiger partial charge in [0.05, 0.1) is 18.7 Å². The molecule has 1 aromatic heterocycles. The number of benzene rings is 1. The number of halogens is 1. The fourth-order valence-corrected chi connectivity index (χ4v) is 1.51. The van der Waals surface area contributed by atoms with E-state index in [4.69, 9.17) is 16.3 Å². The van der Waals surface area contributed by atoms with Gasteiger partial charge in [-0.15, -0.1) is 21.8 Å². The first-order chi connectivity index (χ1) is 7.35. The Morgan fingerprint density at radius 2 is 2.33 bits per heavy atom. The van der Waals surface area contributed by atoms with Crippen LogP contribution in [0.4, 0.5) is 0 Å². The van der Waals surface area contributed by atoms with Gasteiger partial charge in [0.15, 0.2) is 5.82 Å². The van der Waals surface area contributed by atoms with E-state index < -0.39 is 0 Å². The predicted octanol–water partition coefficient (Wildman–Crippen LogP) is 2.01. The molecule has 2 aromatic rings. The SMILES string of the molecule is COc1cccc(-n2cnnc2CCl)c1. The Balaban J connectivity index is 2.44. The second kappa shape index (κ2) is 4.31. The minimum atomic E-state index is 0.331. The molecule has 1 aromatic carbocycles. The molecule has 15 heavy (non-hydrogen) atoms. The first-order valence-corrected chi connectivity index (χ1v) is 4.98. The monoisotopic (exact) mass is 223 g/mol. The number of aromatic nitrogens is 3. The van der Waals surface area contributed by atoms with E-state index >= 15 is 0 Å². The van der Waals surface area contributed by atoms with Crippen LogP contribution in [0.2, 0.25) is 0 Å². The molecule has 0 radical (unpaired) electrons. The highest BCUT2D eigenvalue weighted by Gasteiger charge is 2.05. The molecule has 0 N–H and O–H groups in total. The smallest absolute Gasteiger partial charge is 0.152 e. The Kier molecular flexibility index (Phi) is 2.87. The van der Waals surface area contributed by atoms with Crippen LogP contribution in [-0.4, -0.2) is 21.9 Å². The van der Waals surface area contributed by atoms with Gasteiger partial charge < -0.3 is 4.74 Å². The molecule has 4 nitrogen and oxygen atoms in total. The molecule has 0 saturated heterocycles. The largest absolute Gasteiger partial charge is 0.497 e. The third kappa shape index (κ3) is 1.94. The minimum Gasteiger partial charge on any atom is -0.497 e. The molecular weight excluding hydrogens is 214 g/mol. The molecule has 0 aliphatic heterocycles. The highest BCUT2D eigenvalue weighted by Crippen LogP contribution is 2.17. The van der Waals surface area contributed by atoms with Gasteiger partial charge in [-0.1, -0.05) is 6.07 Å². The molecule has 0 aliphatic rings. The first kappa shape index (κ1) is 9.98. The van der Waals surface area contributed by atoms with Crippen LogP contribution in [0.25, 0.3) is 5.69 Å². The fourth-order valence-electron chi connectivity index (χ4n) is 1.33. The maximum Gasteiger partial charge on any atom is 0.152 e. The molecule has 2 rings (SSSR count). The van der Waals surface area contributed by atoms with Crippen LogP contribution >= 0.6 is 11.6 Å². The summed E-state index contributed by atoms with van der Waals surface area (Å²) in [6.07, 6.45) is 1.63. The lowest BCUT2D eigenvalue weighted by molar-refractivity contribution is 0.414. The average Bonchev–Trinajstić information content (AvgIpc) is 2.77. The molecule has 0 saturated carbocycles. The summed E-state index contributed by atoms with van der Waals surface area (Å²) in [5, 5.41) is 7.72. The molecule has 0 aliphatic carbocycles. The molecular formula is C10H10ClN3O. The Labute approximate surface area is 92.5 Å². The van der Waals surface area contributed by atoms with E-state index in [0.717, 1.165) is 11.4 Å². The molecule has 0 unspecified atom stereocenters. The zero-order valence-electron chi connectivity index (χ0n) is 8.22. The zero-order chi connectivity index (χ0) is 10.7. The van der Waals surface area contributed by atoms with Crippen molar-refractivity contribution in [2.45, 2.75) is 5.88 Å². The van der Waals surface area contributed by atoms with Crippen LogP contribution in [0, 0.1) is 0 Å². The molecule has 78 valence electrons. The van der Waals surface area contributed by atoms with Crippen LogP contribution in [0.1, 0.15) is 5.82 Å². The van der Waals surface area contributed by atoms with Gasteiger partial charge in [-0.05, 0) is 12.1 Å². The van der Waals surface area contributed by atoms with E-state index in [1.165, 1.54) is 0 Å². The van der Waals surface area contributed by atoms with Crippen molar-refractivity contribution in [1.29, 1.82) is 0 Å². The van der Waals surface area contributed by atoms with Crippen molar-refractivity contribution in [3.8, 4) is 11.4 Å². The summed E-state index contributed by atoms with van der Waals surface area (Å²) in [5.74, 6) is 1.84. The van der Waals surface area contributed by atoms with Crippen molar-refractivity contribution in [2.24, 2.45) is 0 Å². The molecule has 1 heterocycles. The average molecular weight is 224 g/mol. The fraction of sp³-hybridized carbons (Fsp3) is 0.200. The third-order valence-electron chi connectivity index (χ3n) is 2.07. The van der Waals surface area contributed by atoms with Gasteiger partial charge in [0.2, 0.25) is 0 Å². The maximum absolute atomic E-state index is 5.74. The van der Waals surface area contributed by atoms with Crippen LogP contribution in [0.15, 0.2) is 30.6 Å². The Morgan fingerprint density at radius 1 is 1.47 bits per heavy atom. The third-order valence-corrected chi connectivity index (χ3v) is 2.31. The summed E-state index contributed by atoms with van der Waals surface area (Å²) in [7, 11) is 1.63. The van der Waals surface area contributed by atoms with Crippen molar-refractivity contribution < 1.29 is 4.74 Å². The first-order valence-electron chi connectivity index (χ1n) is 4.44. The topological polar surface area (TPSA) is 39.9 Å². The van der Waals surface area contributed by atoms with Gasteiger partial charge in [0, 0.05) is 6.07 Å². The molecule has 5 heteroatoms. The van der Waals surface area contributed by atoms with E-state index in [1.807, 2.05) is 28.8 Å². The predicted molar refractivity (Wildman–Crippen MR) is 57.5 cm³/mol. The van der Waals surface area contributed by atoms with Crippen molar-refractivity contribution in [3.63, 3.8) is 0 Å². The highest BCUT2D eigenvalue weighted by atomic mass is 35.5. The second-order valence-electron chi connectivity index (χ2n) is 2.95. The van der Waals surface area contributed by atoms with E-state index in [-0.39, 0.29) is 0 Å². The molecule has 0 bridgehead atoms. The zero-order valence-corrected chi connectivity index (χ0v) is 8.98. The lowest BCUT2D eigenvalue weighted by Gasteiger charge is -2.06. The lowest BCUT2D eigenvalue weighted by Crippen LogP contribution is -1.98. The molecule has 0 atom stereocenters. The van der Waals surface area contributed by atoms with Crippen LogP contribution in [0.3, 0.4) is 0 Å². The number of hydrogen-bond donors (Lipinski definition) is 0. The molecule has 0 fully saturated rings. The van der Waals surface area contributed by atoms with Crippen molar-refractivity contribution in [2.75, 3.05) is 7.11 Å². The van der Waals surface area contributed by atoms with Crippen LogP contribution in [0.5, 0.6) is 5.75 Å². The highest BCUT2D eigenvalue weighted by molar-refractivity contribution is 6.16. The summed E-state index contributed by atoms with van der Waals surface area (Å²) in [6.45, 7) is 0. The van der Waals surface area contributed by atoms with Crippen molar-refractivity contribution in [1.82, 2.24) is 14.8 Å². The van der Waals surface area contributed by atoms with Crippen LogP contribution < -0.4 is 4.74 Å². The molecule has 0 amide bonds. The maximum atomic E-state index is 5.74. The van der Waals surface area contributed by atoms with Gasteiger partial charge in [0.25, 0.3) is 0 Å². The number of methoxy groups -OCH3 is 1. The summed E-state index contributed by atoms with van der Waals surface area (Å²) in [5.41, 5.74) is 0.940. The number of alkyl halides is 1. The minimum absolute atomic E-state index is 0.331. The van der Waals surface area contributed by atoms with Gasteiger partial charge in [-0.3, -0.25) is 4.57 Å². The second-order valence-corrected chi connectivity index (χ2v) is 3.22. The normalized spacial score (nSPS) is 10.3. The van der Waals surface area contributed by atoms with E-state index in [0.29, 0.717) is 11.7 Å². The summed E-state index contributed by atoms with van der Waals surface area (Å²) in [4.78, 5) is 0. The summed E-state index contributed by atoms with van der Waals surface area (Å²) < 4.78 is 6.97. The van der Waals surface area contributed by atoms with Crippen molar-refractivity contribution in [3.05, 3.63) is 36.4 Å². The lowest BCUT2D eigenvalue weighted by atomic mass is 10.3. The number of rotatable bonds is 3. The van der Waals surface area contributed by atoms with E-state index in [9.17, 15) is 0 Å². The van der Waals surface area contributed by atoms with E-state index in [1.54, 1.807) is 13.4 Å². The van der Waals surface area contributed by atoms with Gasteiger partial charge in [0.1, 0.15) is 12.1 Å². The Bertz CT molecular complexity index is 455. The van der Waals surface area contributed by atoms with Crippen LogP contribution in [-0.2, 0) is 5.88 Å². The molecule has 0 spiro atoms. The quantitative estimate of drug-likeness (QED) is 0.748. The summed E-state index contributed by atoms with van der Waals surface area (Å²) >= 11 is 5.74. The summed E-state index contributed by atoms with van der Waals surface area (Å²) in [6, 6.07) is 7.64. The number of ether oxygens (including phenoxy) is 1. The Morgan fingerprint density at radius 3 is 3.07 bits per heavy atom. The van der Waals surface area contributed by atoms with Gasteiger partial charge in [-0.25, -0.2) is 0 Å². The number of hydrogen-bond acceptors (Lipinski definition) is 3.